The molecule has 0 radical (unpaired) electrons. The third-order valence-corrected chi connectivity index (χ3v) is 4.30. The number of nitrogens with zero attached hydrogens (tertiary/aromatic N) is 3. The van der Waals surface area contributed by atoms with Crippen molar-refractivity contribution in [2.24, 2.45) is 0 Å². The number of aromatic amines is 1. The van der Waals surface area contributed by atoms with E-state index in [-0.39, 0.29) is 22.3 Å². The van der Waals surface area contributed by atoms with Gasteiger partial charge >= 0.3 is 6.18 Å². The molecule has 2 aromatic carbocycles. The number of fused-ring (bicyclic) bond motifs is 3. The molecule has 4 aromatic rings. The molecule has 4 rings (SSSR count). The van der Waals surface area contributed by atoms with Crippen LogP contribution in [0, 0.1) is 5.82 Å². The summed E-state index contributed by atoms with van der Waals surface area (Å²) in [5.41, 5.74) is -1.87. The molecule has 0 aliphatic rings. The maximum Gasteiger partial charge on any atom is 0.416 e. The predicted octanol–water partition coefficient (Wildman–Crippen LogP) is 2.66. The highest BCUT2D eigenvalue weighted by molar-refractivity contribution is 5.99. The molecule has 0 bridgehead atoms. The molecule has 2 N–H and O–H groups in total. The molecular formula is C18H11F4N5O2. The van der Waals surface area contributed by atoms with Gasteiger partial charge in [-0.25, -0.2) is 8.91 Å². The molecule has 0 atom stereocenters. The Hall–Kier alpha value is -3.76. The number of hydrogen-bond donors (Lipinski definition) is 2. The molecule has 0 saturated heterocycles. The van der Waals surface area contributed by atoms with E-state index in [1.165, 1.54) is 24.3 Å². The first-order valence-corrected chi connectivity index (χ1v) is 8.26. The molecule has 0 spiro atoms. The van der Waals surface area contributed by atoms with E-state index >= 15 is 0 Å². The number of hydrogen-bond acceptors (Lipinski definition) is 4. The van der Waals surface area contributed by atoms with Crippen LogP contribution in [0.25, 0.3) is 16.6 Å². The van der Waals surface area contributed by atoms with Crippen LogP contribution < -0.4 is 10.9 Å². The van der Waals surface area contributed by atoms with Gasteiger partial charge in [-0.05, 0) is 29.8 Å². The van der Waals surface area contributed by atoms with Crippen LogP contribution >= 0.6 is 0 Å². The van der Waals surface area contributed by atoms with Crippen molar-refractivity contribution < 1.29 is 22.4 Å². The van der Waals surface area contributed by atoms with Crippen molar-refractivity contribution in [3.05, 3.63) is 75.5 Å². The summed E-state index contributed by atoms with van der Waals surface area (Å²) in [7, 11) is 0. The number of halogens is 4. The molecule has 148 valence electrons. The Morgan fingerprint density at radius 1 is 1.17 bits per heavy atom. The molecular weight excluding hydrogens is 394 g/mol. The van der Waals surface area contributed by atoms with Crippen molar-refractivity contribution in [2.75, 3.05) is 0 Å². The summed E-state index contributed by atoms with van der Waals surface area (Å²) in [5.74, 6) is -1.45. The zero-order valence-electron chi connectivity index (χ0n) is 14.4. The Morgan fingerprint density at radius 3 is 2.69 bits per heavy atom. The van der Waals surface area contributed by atoms with Crippen LogP contribution in [0.15, 0.2) is 47.3 Å². The van der Waals surface area contributed by atoms with Gasteiger partial charge in [-0.3, -0.25) is 9.59 Å². The first-order chi connectivity index (χ1) is 13.8. The third-order valence-electron chi connectivity index (χ3n) is 4.30. The Balaban J connectivity index is 1.69. The first-order valence-electron chi connectivity index (χ1n) is 8.26. The minimum absolute atomic E-state index is 0.139. The van der Waals surface area contributed by atoms with E-state index in [2.05, 4.69) is 20.6 Å². The summed E-state index contributed by atoms with van der Waals surface area (Å²) in [6.07, 6.45) is -4.57. The van der Waals surface area contributed by atoms with Gasteiger partial charge in [0, 0.05) is 6.54 Å². The minimum Gasteiger partial charge on any atom is -0.346 e. The van der Waals surface area contributed by atoms with Gasteiger partial charge < -0.3 is 10.3 Å². The fraction of sp³-hybridized carbons (Fsp3) is 0.111. The monoisotopic (exact) mass is 405 g/mol. The van der Waals surface area contributed by atoms with E-state index in [4.69, 9.17) is 0 Å². The number of rotatable bonds is 3. The lowest BCUT2D eigenvalue weighted by atomic mass is 10.1. The SMILES string of the molecule is O=C(NCc1ccccc1C(F)(F)F)c1nnn2c1c(=O)[nH]c1cc(F)ccc12. The van der Waals surface area contributed by atoms with Crippen molar-refractivity contribution in [1.82, 2.24) is 25.1 Å². The summed E-state index contributed by atoms with van der Waals surface area (Å²) in [4.78, 5) is 27.3. The summed E-state index contributed by atoms with van der Waals surface area (Å²) < 4.78 is 53.7. The van der Waals surface area contributed by atoms with Crippen molar-refractivity contribution in [3.63, 3.8) is 0 Å². The predicted molar refractivity (Wildman–Crippen MR) is 93.7 cm³/mol. The summed E-state index contributed by atoms with van der Waals surface area (Å²) in [6.45, 7) is -0.426. The number of nitrogens with one attached hydrogen (secondary N) is 2. The standard InChI is InChI=1S/C18H11F4N5O2/c19-10-5-6-13-12(7-10)24-17(29)15-14(25-26-27(13)15)16(28)23-8-9-3-1-2-4-11(9)18(20,21)22/h1-7H,8H2,(H,23,28)(H,24,29). The largest absolute Gasteiger partial charge is 0.416 e. The lowest BCUT2D eigenvalue weighted by molar-refractivity contribution is -0.138. The van der Waals surface area contributed by atoms with Gasteiger partial charge in [0.25, 0.3) is 11.5 Å². The van der Waals surface area contributed by atoms with E-state index in [9.17, 15) is 27.2 Å². The maximum atomic E-state index is 13.4. The highest BCUT2D eigenvalue weighted by Crippen LogP contribution is 2.31. The van der Waals surface area contributed by atoms with Crippen LogP contribution in [-0.2, 0) is 12.7 Å². The average molecular weight is 405 g/mol. The second-order valence-corrected chi connectivity index (χ2v) is 6.15. The van der Waals surface area contributed by atoms with Gasteiger partial charge in [0.1, 0.15) is 5.82 Å². The van der Waals surface area contributed by atoms with Gasteiger partial charge in [0.2, 0.25) is 0 Å². The number of carbonyl (C=O) groups is 1. The number of amides is 1. The van der Waals surface area contributed by atoms with Crippen LogP contribution in [0.5, 0.6) is 0 Å². The van der Waals surface area contributed by atoms with E-state index < -0.39 is 35.6 Å². The number of carbonyl (C=O) groups excluding carboxylic acids is 1. The molecule has 2 aromatic heterocycles. The number of benzene rings is 2. The quantitative estimate of drug-likeness (QED) is 0.513. The van der Waals surface area contributed by atoms with E-state index in [0.29, 0.717) is 5.52 Å². The molecule has 2 heterocycles. The Morgan fingerprint density at radius 2 is 1.93 bits per heavy atom. The molecule has 0 aliphatic carbocycles. The average Bonchev–Trinajstić information content (AvgIpc) is 3.11. The van der Waals surface area contributed by atoms with Gasteiger partial charge in [0.05, 0.1) is 16.6 Å². The number of H-pyrrole nitrogens is 1. The minimum atomic E-state index is -4.57. The lowest BCUT2D eigenvalue weighted by Crippen LogP contribution is -2.26. The van der Waals surface area contributed by atoms with Crippen molar-refractivity contribution in [2.45, 2.75) is 12.7 Å². The molecule has 0 saturated carbocycles. The molecule has 11 heteroatoms. The Labute approximate surface area is 159 Å². The molecule has 1 amide bonds. The maximum absolute atomic E-state index is 13.4. The van der Waals surface area contributed by atoms with E-state index in [1.54, 1.807) is 0 Å². The molecule has 0 aliphatic heterocycles. The van der Waals surface area contributed by atoms with Crippen LogP contribution in [0.3, 0.4) is 0 Å². The van der Waals surface area contributed by atoms with Crippen LogP contribution in [-0.4, -0.2) is 25.7 Å². The van der Waals surface area contributed by atoms with Gasteiger partial charge in [-0.15, -0.1) is 5.10 Å². The van der Waals surface area contributed by atoms with Crippen LogP contribution in [0.2, 0.25) is 0 Å². The topological polar surface area (TPSA) is 92.2 Å². The Kier molecular flexibility index (Phi) is 4.29. The summed E-state index contributed by atoms with van der Waals surface area (Å²) >= 11 is 0. The van der Waals surface area contributed by atoms with Crippen LogP contribution in [0.4, 0.5) is 17.6 Å². The first kappa shape index (κ1) is 18.6. The zero-order chi connectivity index (χ0) is 20.8. The van der Waals surface area contributed by atoms with Crippen molar-refractivity contribution in [3.8, 4) is 0 Å². The number of aromatic nitrogens is 4. The molecule has 0 fully saturated rings. The number of alkyl halides is 3. The second-order valence-electron chi connectivity index (χ2n) is 6.15. The highest BCUT2D eigenvalue weighted by atomic mass is 19.4. The summed E-state index contributed by atoms with van der Waals surface area (Å²) in [5, 5.41) is 9.75. The second kappa shape index (κ2) is 6.69. The zero-order valence-corrected chi connectivity index (χ0v) is 14.4. The van der Waals surface area contributed by atoms with Crippen molar-refractivity contribution >= 4 is 22.5 Å². The Bertz CT molecular complexity index is 1310. The molecule has 7 nitrogen and oxygen atoms in total. The van der Waals surface area contributed by atoms with E-state index in [0.717, 1.165) is 22.7 Å². The molecule has 29 heavy (non-hydrogen) atoms. The highest BCUT2D eigenvalue weighted by Gasteiger charge is 2.33. The van der Waals surface area contributed by atoms with Gasteiger partial charge in [0.15, 0.2) is 11.2 Å². The lowest BCUT2D eigenvalue weighted by Gasteiger charge is -2.12. The fourth-order valence-corrected chi connectivity index (χ4v) is 2.99. The van der Waals surface area contributed by atoms with Crippen LogP contribution in [0.1, 0.15) is 21.6 Å². The summed E-state index contributed by atoms with van der Waals surface area (Å²) in [6, 6.07) is 8.39. The smallest absolute Gasteiger partial charge is 0.346 e. The van der Waals surface area contributed by atoms with E-state index in [1.807, 2.05) is 0 Å². The fourth-order valence-electron chi connectivity index (χ4n) is 2.99. The van der Waals surface area contributed by atoms with Gasteiger partial charge in [-0.1, -0.05) is 23.4 Å². The van der Waals surface area contributed by atoms with Gasteiger partial charge in [-0.2, -0.15) is 13.2 Å². The van der Waals surface area contributed by atoms with Crippen molar-refractivity contribution in [1.29, 1.82) is 0 Å². The molecule has 0 unspecified atom stereocenters. The normalized spacial score (nSPS) is 11.9. The third kappa shape index (κ3) is 3.30.